The van der Waals surface area contributed by atoms with Crippen LogP contribution in [0.2, 0.25) is 0 Å². The van der Waals surface area contributed by atoms with E-state index < -0.39 is 5.97 Å². The number of aryl methyl sites for hydroxylation is 1. The Morgan fingerprint density at radius 3 is 2.82 bits per heavy atom. The van der Waals surface area contributed by atoms with Gasteiger partial charge in [0.2, 0.25) is 5.95 Å². The topological polar surface area (TPSA) is 68.2 Å². The zero-order valence-electron chi connectivity index (χ0n) is 12.7. The van der Waals surface area contributed by atoms with E-state index >= 15 is 0 Å². The minimum absolute atomic E-state index is 0.303. The van der Waals surface area contributed by atoms with Crippen molar-refractivity contribution in [3.63, 3.8) is 0 Å². The van der Waals surface area contributed by atoms with Crippen LogP contribution < -0.4 is 4.90 Å². The quantitative estimate of drug-likeness (QED) is 0.807. The lowest BCUT2D eigenvalue weighted by Gasteiger charge is -2.17. The van der Waals surface area contributed by atoms with Crippen LogP contribution in [0.1, 0.15) is 34.1 Å². The lowest BCUT2D eigenvalue weighted by Crippen LogP contribution is -2.23. The molecule has 1 aliphatic rings. The number of hydrogen-bond donors (Lipinski definition) is 0. The molecule has 0 aromatic carbocycles. The number of pyridine rings is 1. The summed E-state index contributed by atoms with van der Waals surface area (Å²) >= 11 is 0. The van der Waals surface area contributed by atoms with E-state index in [4.69, 9.17) is 4.74 Å². The van der Waals surface area contributed by atoms with E-state index in [0.717, 1.165) is 25.2 Å². The molecule has 0 spiro atoms. The standard InChI is InChI=1S/C16H18N4O2/c1-11-9-14(15(21)22-2)19-16(18-11)20-8-5-13(10-20)12-3-6-17-7-4-12/h3-4,6-7,9,13H,5,8,10H2,1-2H3. The van der Waals surface area contributed by atoms with Gasteiger partial charge in [-0.3, -0.25) is 4.98 Å². The molecule has 6 heteroatoms. The average molecular weight is 298 g/mol. The fraction of sp³-hybridized carbons (Fsp3) is 0.375. The monoisotopic (exact) mass is 298 g/mol. The van der Waals surface area contributed by atoms with Crippen molar-refractivity contribution in [2.75, 3.05) is 25.1 Å². The lowest BCUT2D eigenvalue weighted by molar-refractivity contribution is 0.0593. The molecular weight excluding hydrogens is 280 g/mol. The van der Waals surface area contributed by atoms with Gasteiger partial charge >= 0.3 is 5.97 Å². The predicted molar refractivity (Wildman–Crippen MR) is 81.9 cm³/mol. The maximum Gasteiger partial charge on any atom is 0.356 e. The summed E-state index contributed by atoms with van der Waals surface area (Å²) in [7, 11) is 1.36. The zero-order valence-corrected chi connectivity index (χ0v) is 12.7. The van der Waals surface area contributed by atoms with Crippen LogP contribution >= 0.6 is 0 Å². The molecule has 1 saturated heterocycles. The van der Waals surface area contributed by atoms with Crippen LogP contribution in [0.4, 0.5) is 5.95 Å². The summed E-state index contributed by atoms with van der Waals surface area (Å²) in [6, 6.07) is 5.74. The number of anilines is 1. The average Bonchev–Trinajstić information content (AvgIpc) is 3.04. The summed E-state index contributed by atoms with van der Waals surface area (Å²) in [5.74, 6) is 0.599. The Hall–Kier alpha value is -2.50. The Labute approximate surface area is 129 Å². The van der Waals surface area contributed by atoms with Gasteiger partial charge in [-0.2, -0.15) is 0 Å². The SMILES string of the molecule is COC(=O)c1cc(C)nc(N2CCC(c3ccncc3)C2)n1. The van der Waals surface area contributed by atoms with Crippen molar-refractivity contribution >= 4 is 11.9 Å². The molecule has 2 aromatic heterocycles. The summed E-state index contributed by atoms with van der Waals surface area (Å²) in [6.07, 6.45) is 4.67. The van der Waals surface area contributed by atoms with E-state index in [9.17, 15) is 4.79 Å². The van der Waals surface area contributed by atoms with Gasteiger partial charge in [-0.25, -0.2) is 14.8 Å². The molecule has 0 amide bonds. The Balaban J connectivity index is 1.81. The second-order valence-corrected chi connectivity index (χ2v) is 5.40. The van der Waals surface area contributed by atoms with Crippen LogP contribution in [0.25, 0.3) is 0 Å². The van der Waals surface area contributed by atoms with Gasteiger partial charge in [0.15, 0.2) is 5.69 Å². The summed E-state index contributed by atoms with van der Waals surface area (Å²) < 4.78 is 4.74. The molecule has 6 nitrogen and oxygen atoms in total. The lowest BCUT2D eigenvalue weighted by atomic mass is 10.00. The van der Waals surface area contributed by atoms with Crippen molar-refractivity contribution in [1.29, 1.82) is 0 Å². The number of carbonyl (C=O) groups excluding carboxylic acids is 1. The van der Waals surface area contributed by atoms with E-state index in [0.29, 0.717) is 17.6 Å². The molecule has 1 fully saturated rings. The summed E-state index contributed by atoms with van der Waals surface area (Å²) in [6.45, 7) is 3.57. The third-order valence-corrected chi connectivity index (χ3v) is 3.89. The van der Waals surface area contributed by atoms with Gasteiger partial charge in [-0.05, 0) is 37.1 Å². The van der Waals surface area contributed by atoms with E-state index in [1.165, 1.54) is 12.7 Å². The van der Waals surface area contributed by atoms with Crippen molar-refractivity contribution in [2.45, 2.75) is 19.3 Å². The maximum atomic E-state index is 11.7. The van der Waals surface area contributed by atoms with E-state index in [-0.39, 0.29) is 0 Å². The van der Waals surface area contributed by atoms with Crippen molar-refractivity contribution in [3.05, 3.63) is 47.5 Å². The smallest absolute Gasteiger partial charge is 0.356 e. The van der Waals surface area contributed by atoms with Crippen molar-refractivity contribution < 1.29 is 9.53 Å². The van der Waals surface area contributed by atoms with Crippen LogP contribution in [0.3, 0.4) is 0 Å². The molecule has 114 valence electrons. The number of hydrogen-bond acceptors (Lipinski definition) is 6. The first-order valence-corrected chi connectivity index (χ1v) is 7.26. The predicted octanol–water partition coefficient (Wildman–Crippen LogP) is 1.96. The molecule has 22 heavy (non-hydrogen) atoms. The molecule has 0 bridgehead atoms. The van der Waals surface area contributed by atoms with Gasteiger partial charge in [-0.15, -0.1) is 0 Å². The van der Waals surface area contributed by atoms with E-state index in [2.05, 4.69) is 19.9 Å². The first-order chi connectivity index (χ1) is 10.7. The molecule has 1 unspecified atom stereocenters. The highest BCUT2D eigenvalue weighted by atomic mass is 16.5. The van der Waals surface area contributed by atoms with Crippen LogP contribution in [-0.2, 0) is 4.74 Å². The number of methoxy groups -OCH3 is 1. The molecular formula is C16H18N4O2. The van der Waals surface area contributed by atoms with E-state index in [1.54, 1.807) is 6.07 Å². The van der Waals surface area contributed by atoms with Gasteiger partial charge in [0, 0.05) is 37.1 Å². The Bertz CT molecular complexity index is 675. The second-order valence-electron chi connectivity index (χ2n) is 5.40. The highest BCUT2D eigenvalue weighted by Gasteiger charge is 2.26. The number of esters is 1. The van der Waals surface area contributed by atoms with Crippen molar-refractivity contribution in [3.8, 4) is 0 Å². The van der Waals surface area contributed by atoms with Crippen molar-refractivity contribution in [2.24, 2.45) is 0 Å². The highest BCUT2D eigenvalue weighted by Crippen LogP contribution is 2.29. The summed E-state index contributed by atoms with van der Waals surface area (Å²) in [5, 5.41) is 0. The molecule has 2 aromatic rings. The molecule has 0 aliphatic carbocycles. The third kappa shape index (κ3) is 2.90. The maximum absolute atomic E-state index is 11.7. The van der Waals surface area contributed by atoms with Gasteiger partial charge in [-0.1, -0.05) is 0 Å². The fourth-order valence-corrected chi connectivity index (χ4v) is 2.75. The number of carbonyl (C=O) groups is 1. The molecule has 0 saturated carbocycles. The Morgan fingerprint density at radius 2 is 2.09 bits per heavy atom. The normalized spacial score (nSPS) is 17.5. The number of ether oxygens (including phenoxy) is 1. The second kappa shape index (κ2) is 6.09. The van der Waals surface area contributed by atoms with Gasteiger partial charge in [0.25, 0.3) is 0 Å². The van der Waals surface area contributed by atoms with Crippen molar-refractivity contribution in [1.82, 2.24) is 15.0 Å². The third-order valence-electron chi connectivity index (χ3n) is 3.89. The van der Waals surface area contributed by atoms with Gasteiger partial charge in [0.1, 0.15) is 0 Å². The number of nitrogens with zero attached hydrogens (tertiary/aromatic N) is 4. The largest absolute Gasteiger partial charge is 0.464 e. The molecule has 0 N–H and O–H groups in total. The van der Waals surface area contributed by atoms with Crippen LogP contribution in [0, 0.1) is 6.92 Å². The highest BCUT2D eigenvalue weighted by molar-refractivity contribution is 5.87. The summed E-state index contributed by atoms with van der Waals surface area (Å²) in [4.78, 5) is 26.7. The van der Waals surface area contributed by atoms with Crippen LogP contribution in [0.15, 0.2) is 30.6 Å². The van der Waals surface area contributed by atoms with Gasteiger partial charge in [0.05, 0.1) is 7.11 Å². The molecule has 3 heterocycles. The minimum Gasteiger partial charge on any atom is -0.464 e. The molecule has 3 rings (SSSR count). The van der Waals surface area contributed by atoms with Crippen LogP contribution in [-0.4, -0.2) is 41.1 Å². The molecule has 1 aliphatic heterocycles. The minimum atomic E-state index is -0.434. The number of aromatic nitrogens is 3. The molecule has 1 atom stereocenters. The molecule has 0 radical (unpaired) electrons. The van der Waals surface area contributed by atoms with Gasteiger partial charge < -0.3 is 9.64 Å². The first-order valence-electron chi connectivity index (χ1n) is 7.26. The number of rotatable bonds is 3. The fourth-order valence-electron chi connectivity index (χ4n) is 2.75. The van der Waals surface area contributed by atoms with Crippen LogP contribution in [0.5, 0.6) is 0 Å². The Kier molecular flexibility index (Phi) is 4.00. The Morgan fingerprint density at radius 1 is 1.32 bits per heavy atom. The zero-order chi connectivity index (χ0) is 15.5. The summed E-state index contributed by atoms with van der Waals surface area (Å²) in [5.41, 5.74) is 2.34. The van der Waals surface area contributed by atoms with E-state index in [1.807, 2.05) is 31.5 Å². The first kappa shape index (κ1) is 14.4.